The van der Waals surface area contributed by atoms with Crippen LogP contribution < -0.4 is 5.43 Å². The first-order chi connectivity index (χ1) is 9.79. The zero-order valence-corrected chi connectivity index (χ0v) is 14.6. The minimum absolute atomic E-state index is 0.227. The summed E-state index contributed by atoms with van der Waals surface area (Å²) in [5.41, 5.74) is 6.72. The van der Waals surface area contributed by atoms with Crippen molar-refractivity contribution in [2.24, 2.45) is 0 Å². The Bertz CT molecular complexity index is 434. The minimum Gasteiger partial charge on any atom is -0.247 e. The molecule has 1 aliphatic rings. The van der Waals surface area contributed by atoms with Gasteiger partial charge >= 0.3 is 0 Å². The minimum atomic E-state index is 0.227. The molecule has 118 valence electrons. The molecule has 1 heterocycles. The summed E-state index contributed by atoms with van der Waals surface area (Å²) in [5, 5.41) is 2.46. The Morgan fingerprint density at radius 1 is 1.05 bits per heavy atom. The van der Waals surface area contributed by atoms with Crippen molar-refractivity contribution in [2.45, 2.75) is 84.3 Å². The lowest BCUT2D eigenvalue weighted by Crippen LogP contribution is -2.52. The van der Waals surface area contributed by atoms with Crippen LogP contribution in [0.4, 0.5) is 0 Å². The maximum atomic E-state index is 3.73. The van der Waals surface area contributed by atoms with Crippen molar-refractivity contribution >= 4 is 0 Å². The fourth-order valence-electron chi connectivity index (χ4n) is 3.25. The average molecular weight is 288 g/mol. The Hall–Kier alpha value is -0.860. The number of hydrogen-bond donors (Lipinski definition) is 1. The van der Waals surface area contributed by atoms with Gasteiger partial charge in [0.15, 0.2) is 0 Å². The van der Waals surface area contributed by atoms with Gasteiger partial charge in [0, 0.05) is 18.1 Å². The molecule has 2 nitrogen and oxygen atoms in total. The van der Waals surface area contributed by atoms with Crippen molar-refractivity contribution in [3.63, 3.8) is 0 Å². The Morgan fingerprint density at radius 3 is 2.05 bits per heavy atom. The third kappa shape index (κ3) is 4.08. The molecule has 0 spiro atoms. The second-order valence-electron chi connectivity index (χ2n) is 7.76. The largest absolute Gasteiger partial charge is 0.247 e. The van der Waals surface area contributed by atoms with Gasteiger partial charge in [-0.3, -0.25) is 0 Å². The molecule has 0 aromatic heterocycles. The molecule has 0 amide bonds. The van der Waals surface area contributed by atoms with E-state index < -0.39 is 0 Å². The fraction of sp³-hybridized carbons (Fsp3) is 0.684. The highest BCUT2D eigenvalue weighted by molar-refractivity contribution is 5.28. The molecule has 1 saturated heterocycles. The van der Waals surface area contributed by atoms with E-state index >= 15 is 0 Å². The first-order valence-electron chi connectivity index (χ1n) is 8.44. The molecule has 0 bridgehead atoms. The number of hydrogen-bond acceptors (Lipinski definition) is 2. The highest BCUT2D eigenvalue weighted by atomic mass is 15.5. The van der Waals surface area contributed by atoms with Gasteiger partial charge in [0.2, 0.25) is 0 Å². The van der Waals surface area contributed by atoms with Crippen molar-refractivity contribution in [1.82, 2.24) is 10.4 Å². The Kier molecular flexibility index (Phi) is 5.11. The normalized spacial score (nSPS) is 25.8. The van der Waals surface area contributed by atoms with Gasteiger partial charge in [0.1, 0.15) is 0 Å². The second-order valence-corrected chi connectivity index (χ2v) is 7.76. The highest BCUT2D eigenvalue weighted by Crippen LogP contribution is 2.26. The van der Waals surface area contributed by atoms with Gasteiger partial charge in [-0.05, 0) is 50.2 Å². The summed E-state index contributed by atoms with van der Waals surface area (Å²) in [5.74, 6) is 0. The number of nitrogens with zero attached hydrogens (tertiary/aromatic N) is 1. The van der Waals surface area contributed by atoms with Crippen molar-refractivity contribution in [2.75, 3.05) is 0 Å². The van der Waals surface area contributed by atoms with Gasteiger partial charge in [-0.2, -0.15) is 0 Å². The van der Waals surface area contributed by atoms with E-state index in [4.69, 9.17) is 0 Å². The summed E-state index contributed by atoms with van der Waals surface area (Å²) in [4.78, 5) is 0. The number of rotatable bonds is 3. The lowest BCUT2D eigenvalue weighted by molar-refractivity contribution is 0.0320. The van der Waals surface area contributed by atoms with E-state index in [1.165, 1.54) is 30.4 Å². The lowest BCUT2D eigenvalue weighted by Gasteiger charge is -2.41. The third-order valence-corrected chi connectivity index (χ3v) is 4.81. The summed E-state index contributed by atoms with van der Waals surface area (Å²) in [7, 11) is 0. The van der Waals surface area contributed by atoms with Gasteiger partial charge in [-0.15, -0.1) is 0 Å². The SMILES string of the molecule is CC(NN1C(C)CCCC1C)c1ccc(C(C)(C)C)cc1. The molecule has 1 fully saturated rings. The number of hydrazine groups is 1. The molecule has 0 saturated carbocycles. The molecule has 2 heteroatoms. The molecule has 1 aromatic rings. The van der Waals surface area contributed by atoms with Gasteiger partial charge in [-0.25, -0.2) is 10.4 Å². The molecule has 2 rings (SSSR count). The Balaban J connectivity index is 2.04. The maximum Gasteiger partial charge on any atom is 0.0436 e. The van der Waals surface area contributed by atoms with Crippen LogP contribution in [-0.2, 0) is 5.41 Å². The average Bonchev–Trinajstić information content (AvgIpc) is 2.42. The van der Waals surface area contributed by atoms with Crippen molar-refractivity contribution in [3.8, 4) is 0 Å². The third-order valence-electron chi connectivity index (χ3n) is 4.81. The van der Waals surface area contributed by atoms with E-state index in [1.54, 1.807) is 0 Å². The van der Waals surface area contributed by atoms with Crippen LogP contribution in [0.15, 0.2) is 24.3 Å². The van der Waals surface area contributed by atoms with Crippen molar-refractivity contribution < 1.29 is 0 Å². The summed E-state index contributed by atoms with van der Waals surface area (Å²) in [6, 6.07) is 10.7. The summed E-state index contributed by atoms with van der Waals surface area (Å²) in [6.07, 6.45) is 3.95. The van der Waals surface area contributed by atoms with Crippen LogP contribution in [0.3, 0.4) is 0 Å². The summed E-state index contributed by atoms with van der Waals surface area (Å²) < 4.78 is 0. The zero-order valence-electron chi connectivity index (χ0n) is 14.6. The quantitative estimate of drug-likeness (QED) is 0.858. The van der Waals surface area contributed by atoms with Crippen LogP contribution in [0.1, 0.15) is 78.0 Å². The predicted octanol–water partition coefficient (Wildman–Crippen LogP) is 4.81. The first-order valence-corrected chi connectivity index (χ1v) is 8.44. The first kappa shape index (κ1) is 16.5. The molecular weight excluding hydrogens is 256 g/mol. The summed E-state index contributed by atoms with van der Waals surface area (Å²) >= 11 is 0. The predicted molar refractivity (Wildman–Crippen MR) is 91.3 cm³/mol. The molecule has 1 aromatic carbocycles. The number of piperidine rings is 1. The molecule has 0 aliphatic carbocycles. The molecule has 3 unspecified atom stereocenters. The lowest BCUT2D eigenvalue weighted by atomic mass is 9.86. The standard InChI is InChI=1S/C19H32N2/c1-14-8-7-9-15(2)21(14)20-16(3)17-10-12-18(13-11-17)19(4,5)6/h10-16,20H,7-9H2,1-6H3. The van der Waals surface area contributed by atoms with E-state index in [1.807, 2.05) is 0 Å². The van der Waals surface area contributed by atoms with Crippen LogP contribution >= 0.6 is 0 Å². The fourth-order valence-corrected chi connectivity index (χ4v) is 3.25. The van der Waals surface area contributed by atoms with Crippen LogP contribution in [0.2, 0.25) is 0 Å². The van der Waals surface area contributed by atoms with Crippen LogP contribution in [0.5, 0.6) is 0 Å². The summed E-state index contributed by atoms with van der Waals surface area (Å²) in [6.45, 7) is 13.7. The monoisotopic (exact) mass is 288 g/mol. The Labute approximate surface area is 130 Å². The number of benzene rings is 1. The molecule has 21 heavy (non-hydrogen) atoms. The molecule has 0 radical (unpaired) electrons. The number of nitrogens with one attached hydrogen (secondary N) is 1. The maximum absolute atomic E-state index is 3.73. The van der Waals surface area contributed by atoms with E-state index in [0.29, 0.717) is 18.1 Å². The zero-order chi connectivity index (χ0) is 15.6. The van der Waals surface area contributed by atoms with Gasteiger partial charge in [0.25, 0.3) is 0 Å². The second kappa shape index (κ2) is 6.50. The molecule has 1 aliphatic heterocycles. The van der Waals surface area contributed by atoms with Crippen molar-refractivity contribution in [1.29, 1.82) is 0 Å². The molecule has 3 atom stereocenters. The smallest absolute Gasteiger partial charge is 0.0436 e. The van der Waals surface area contributed by atoms with Gasteiger partial charge in [-0.1, -0.05) is 51.5 Å². The molecule has 1 N–H and O–H groups in total. The van der Waals surface area contributed by atoms with Crippen molar-refractivity contribution in [3.05, 3.63) is 35.4 Å². The Morgan fingerprint density at radius 2 is 1.57 bits per heavy atom. The highest BCUT2D eigenvalue weighted by Gasteiger charge is 2.26. The van der Waals surface area contributed by atoms with Crippen LogP contribution in [0.25, 0.3) is 0 Å². The van der Waals surface area contributed by atoms with Gasteiger partial charge < -0.3 is 0 Å². The van der Waals surface area contributed by atoms with Crippen LogP contribution in [0, 0.1) is 0 Å². The van der Waals surface area contributed by atoms with Crippen LogP contribution in [-0.4, -0.2) is 17.1 Å². The van der Waals surface area contributed by atoms with Gasteiger partial charge in [0.05, 0.1) is 0 Å². The molecular formula is C19H32N2. The van der Waals surface area contributed by atoms with E-state index in [9.17, 15) is 0 Å². The van der Waals surface area contributed by atoms with E-state index in [0.717, 1.165) is 0 Å². The van der Waals surface area contributed by atoms with E-state index in [-0.39, 0.29) is 5.41 Å². The topological polar surface area (TPSA) is 15.3 Å². The van der Waals surface area contributed by atoms with E-state index in [2.05, 4.69) is 76.2 Å².